The van der Waals surface area contributed by atoms with Crippen molar-refractivity contribution in [3.8, 4) is 0 Å². The molecule has 1 atom stereocenters. The van der Waals surface area contributed by atoms with Crippen LogP contribution < -0.4 is 0 Å². The quantitative estimate of drug-likeness (QED) is 0.768. The van der Waals surface area contributed by atoms with Crippen molar-refractivity contribution in [3.63, 3.8) is 0 Å². The largest absolute Gasteiger partial charge is 0.478 e. The molecule has 14 heavy (non-hydrogen) atoms. The van der Waals surface area contributed by atoms with Gasteiger partial charge in [0.2, 0.25) is 0 Å². The van der Waals surface area contributed by atoms with Crippen LogP contribution in [0.3, 0.4) is 0 Å². The molecule has 2 N–H and O–H groups in total. The van der Waals surface area contributed by atoms with Crippen molar-refractivity contribution < 1.29 is 15.0 Å². The molecule has 1 saturated carbocycles. The Hall–Kier alpha value is -1.35. The van der Waals surface area contributed by atoms with Crippen molar-refractivity contribution >= 4 is 5.97 Å². The van der Waals surface area contributed by atoms with Crippen LogP contribution >= 0.6 is 0 Å². The summed E-state index contributed by atoms with van der Waals surface area (Å²) in [6.07, 6.45) is 1.72. The zero-order valence-electron chi connectivity index (χ0n) is 7.68. The average Bonchev–Trinajstić information content (AvgIpc) is 3.00. The number of carboxylic acid groups (broad SMARTS) is 1. The smallest absolute Gasteiger partial charge is 0.335 e. The van der Waals surface area contributed by atoms with E-state index < -0.39 is 12.1 Å². The second-order valence-corrected chi connectivity index (χ2v) is 3.71. The lowest BCUT2D eigenvalue weighted by Gasteiger charge is -2.08. The van der Waals surface area contributed by atoms with Gasteiger partial charge in [0, 0.05) is 0 Å². The molecular formula is C11H12O3. The molecular weight excluding hydrogens is 180 g/mol. The van der Waals surface area contributed by atoms with E-state index in [4.69, 9.17) is 5.11 Å². The Bertz CT molecular complexity index is 338. The van der Waals surface area contributed by atoms with Crippen LogP contribution in [0.4, 0.5) is 0 Å². The Morgan fingerprint density at radius 3 is 2.29 bits per heavy atom. The summed E-state index contributed by atoms with van der Waals surface area (Å²) in [6.45, 7) is 0. The minimum Gasteiger partial charge on any atom is -0.478 e. The first kappa shape index (κ1) is 9.21. The minimum atomic E-state index is -0.933. The van der Waals surface area contributed by atoms with Crippen LogP contribution in [0, 0.1) is 5.92 Å². The van der Waals surface area contributed by atoms with Crippen molar-refractivity contribution in [2.24, 2.45) is 5.92 Å². The van der Waals surface area contributed by atoms with Gasteiger partial charge >= 0.3 is 5.97 Å². The van der Waals surface area contributed by atoms with Gasteiger partial charge in [-0.1, -0.05) is 12.1 Å². The fourth-order valence-corrected chi connectivity index (χ4v) is 1.51. The Morgan fingerprint density at radius 2 is 1.86 bits per heavy atom. The molecule has 0 saturated heterocycles. The summed E-state index contributed by atoms with van der Waals surface area (Å²) in [6, 6.07) is 6.44. The van der Waals surface area contributed by atoms with Crippen LogP contribution in [0.15, 0.2) is 24.3 Å². The van der Waals surface area contributed by atoms with Crippen LogP contribution in [-0.2, 0) is 0 Å². The number of benzene rings is 1. The summed E-state index contributed by atoms with van der Waals surface area (Å²) in [4.78, 5) is 10.6. The maximum atomic E-state index is 10.6. The number of aromatic carboxylic acids is 1. The van der Waals surface area contributed by atoms with Gasteiger partial charge in [0.25, 0.3) is 0 Å². The van der Waals surface area contributed by atoms with Gasteiger partial charge in [-0.15, -0.1) is 0 Å². The third kappa shape index (κ3) is 1.77. The first-order chi connectivity index (χ1) is 6.68. The zero-order chi connectivity index (χ0) is 10.1. The van der Waals surface area contributed by atoms with Crippen LogP contribution in [0.2, 0.25) is 0 Å². The Labute approximate surface area is 82.0 Å². The van der Waals surface area contributed by atoms with Crippen molar-refractivity contribution in [2.45, 2.75) is 18.9 Å². The number of aliphatic hydroxyl groups is 1. The minimum absolute atomic E-state index is 0.261. The predicted molar refractivity (Wildman–Crippen MR) is 51.1 cm³/mol. The first-order valence-corrected chi connectivity index (χ1v) is 4.70. The fourth-order valence-electron chi connectivity index (χ4n) is 1.51. The number of carbonyl (C=O) groups is 1. The van der Waals surface area contributed by atoms with E-state index in [2.05, 4.69) is 0 Å². The van der Waals surface area contributed by atoms with E-state index in [1.807, 2.05) is 0 Å². The Morgan fingerprint density at radius 1 is 1.29 bits per heavy atom. The summed E-state index contributed by atoms with van der Waals surface area (Å²) < 4.78 is 0. The van der Waals surface area contributed by atoms with Crippen LogP contribution in [0.25, 0.3) is 0 Å². The highest BCUT2D eigenvalue weighted by atomic mass is 16.4. The molecule has 3 nitrogen and oxygen atoms in total. The van der Waals surface area contributed by atoms with Gasteiger partial charge in [-0.3, -0.25) is 0 Å². The molecule has 0 unspecified atom stereocenters. The highest BCUT2D eigenvalue weighted by Gasteiger charge is 2.30. The molecule has 1 aliphatic rings. The second kappa shape index (κ2) is 3.42. The highest BCUT2D eigenvalue weighted by molar-refractivity contribution is 5.87. The number of hydrogen-bond acceptors (Lipinski definition) is 2. The van der Waals surface area contributed by atoms with Crippen LogP contribution in [0.5, 0.6) is 0 Å². The molecule has 0 bridgehead atoms. The molecule has 1 aliphatic carbocycles. The van der Waals surface area contributed by atoms with Crippen molar-refractivity contribution in [1.82, 2.24) is 0 Å². The van der Waals surface area contributed by atoms with E-state index >= 15 is 0 Å². The summed E-state index contributed by atoms with van der Waals surface area (Å²) in [5, 5.41) is 18.4. The predicted octanol–water partition coefficient (Wildman–Crippen LogP) is 1.83. The Balaban J connectivity index is 2.16. The molecule has 0 spiro atoms. The molecule has 0 heterocycles. The van der Waals surface area contributed by atoms with E-state index in [0.29, 0.717) is 5.92 Å². The molecule has 3 heteroatoms. The standard InChI is InChI=1S/C11H12O3/c12-10(7-1-2-7)8-3-5-9(6-4-8)11(13)14/h3-7,10,12H,1-2H2,(H,13,14)/t10-/m1/s1. The zero-order valence-corrected chi connectivity index (χ0v) is 7.68. The number of hydrogen-bond donors (Lipinski definition) is 2. The van der Waals surface area contributed by atoms with Gasteiger partial charge in [0.1, 0.15) is 0 Å². The van der Waals surface area contributed by atoms with Crippen LogP contribution in [-0.4, -0.2) is 16.2 Å². The summed E-state index contributed by atoms with van der Waals surface area (Å²) >= 11 is 0. The van der Waals surface area contributed by atoms with Gasteiger partial charge in [0.05, 0.1) is 11.7 Å². The number of aliphatic hydroxyl groups excluding tert-OH is 1. The molecule has 1 fully saturated rings. The lowest BCUT2D eigenvalue weighted by molar-refractivity contribution is 0.0696. The SMILES string of the molecule is O=C(O)c1ccc([C@H](O)C2CC2)cc1. The molecule has 0 aromatic heterocycles. The second-order valence-electron chi connectivity index (χ2n) is 3.71. The maximum Gasteiger partial charge on any atom is 0.335 e. The van der Waals surface area contributed by atoms with E-state index in [9.17, 15) is 9.90 Å². The van der Waals surface area contributed by atoms with Crippen molar-refractivity contribution in [3.05, 3.63) is 35.4 Å². The van der Waals surface area contributed by atoms with Gasteiger partial charge in [0.15, 0.2) is 0 Å². The van der Waals surface area contributed by atoms with Gasteiger partial charge in [-0.05, 0) is 36.5 Å². The summed E-state index contributed by atoms with van der Waals surface area (Å²) in [7, 11) is 0. The molecule has 2 rings (SSSR count). The molecule has 74 valence electrons. The lowest BCUT2D eigenvalue weighted by atomic mass is 10.0. The van der Waals surface area contributed by atoms with E-state index in [0.717, 1.165) is 18.4 Å². The fraction of sp³-hybridized carbons (Fsp3) is 0.364. The third-order valence-electron chi connectivity index (χ3n) is 2.57. The molecule has 1 aromatic carbocycles. The molecule has 0 aliphatic heterocycles. The monoisotopic (exact) mass is 192 g/mol. The van der Waals surface area contributed by atoms with E-state index in [1.54, 1.807) is 12.1 Å². The van der Waals surface area contributed by atoms with Crippen molar-refractivity contribution in [2.75, 3.05) is 0 Å². The van der Waals surface area contributed by atoms with E-state index in [-0.39, 0.29) is 5.56 Å². The third-order valence-corrected chi connectivity index (χ3v) is 2.57. The molecule has 1 aromatic rings. The lowest BCUT2D eigenvalue weighted by Crippen LogP contribution is -2.01. The average molecular weight is 192 g/mol. The topological polar surface area (TPSA) is 57.5 Å². The summed E-state index contributed by atoms with van der Waals surface area (Å²) in [5.41, 5.74) is 1.08. The van der Waals surface area contributed by atoms with E-state index in [1.165, 1.54) is 12.1 Å². The highest BCUT2D eigenvalue weighted by Crippen LogP contribution is 2.40. The Kier molecular flexibility index (Phi) is 2.25. The van der Waals surface area contributed by atoms with Crippen LogP contribution in [0.1, 0.15) is 34.9 Å². The maximum absolute atomic E-state index is 10.6. The number of carboxylic acids is 1. The number of rotatable bonds is 3. The van der Waals surface area contributed by atoms with Gasteiger partial charge in [-0.2, -0.15) is 0 Å². The first-order valence-electron chi connectivity index (χ1n) is 4.70. The normalized spacial score (nSPS) is 17.8. The molecule has 0 radical (unpaired) electrons. The summed E-state index contributed by atoms with van der Waals surface area (Å²) in [5.74, 6) is -0.553. The van der Waals surface area contributed by atoms with Crippen molar-refractivity contribution in [1.29, 1.82) is 0 Å². The van der Waals surface area contributed by atoms with Gasteiger partial charge < -0.3 is 10.2 Å². The molecule has 0 amide bonds. The van der Waals surface area contributed by atoms with Gasteiger partial charge in [-0.25, -0.2) is 4.79 Å².